The van der Waals surface area contributed by atoms with Gasteiger partial charge in [-0.1, -0.05) is 66.7 Å². The summed E-state index contributed by atoms with van der Waals surface area (Å²) in [6.45, 7) is 3.33. The van der Waals surface area contributed by atoms with Crippen molar-refractivity contribution in [2.45, 2.75) is 0 Å². The molecule has 0 unspecified atom stereocenters. The Bertz CT molecular complexity index is 1050. The molecular weight excluding hydrogens is 346 g/mol. The molecule has 3 aromatic carbocycles. The standard InChI is InChI=1S/C25H21NO2/c27-25-22-9-5-4-8-21(22)23(18-6-2-1-3-7-18)24(25)19-10-12-20(13-11-19)26-14-16-28-17-15-26/h1-13H,14-17H2. The summed E-state index contributed by atoms with van der Waals surface area (Å²) in [7, 11) is 0. The van der Waals surface area contributed by atoms with E-state index in [9.17, 15) is 4.79 Å². The minimum Gasteiger partial charge on any atom is -0.378 e. The predicted octanol–water partition coefficient (Wildman–Crippen LogP) is 4.68. The lowest BCUT2D eigenvalue weighted by Crippen LogP contribution is -2.36. The lowest BCUT2D eigenvalue weighted by atomic mass is 9.94. The molecule has 1 heterocycles. The molecule has 3 heteroatoms. The lowest BCUT2D eigenvalue weighted by Gasteiger charge is -2.29. The summed E-state index contributed by atoms with van der Waals surface area (Å²) < 4.78 is 5.45. The third-order valence-electron chi connectivity index (χ3n) is 5.51. The number of Topliss-reactive ketones (excluding diaryl/α,β-unsaturated/α-hetero) is 1. The van der Waals surface area contributed by atoms with Crippen LogP contribution >= 0.6 is 0 Å². The number of hydrogen-bond donors (Lipinski definition) is 0. The van der Waals surface area contributed by atoms with Crippen LogP contribution in [0.15, 0.2) is 78.9 Å². The van der Waals surface area contributed by atoms with Crippen molar-refractivity contribution in [2.75, 3.05) is 31.2 Å². The van der Waals surface area contributed by atoms with Crippen LogP contribution in [0.3, 0.4) is 0 Å². The summed E-state index contributed by atoms with van der Waals surface area (Å²) in [5.74, 6) is 0.105. The van der Waals surface area contributed by atoms with E-state index in [2.05, 4.69) is 41.3 Å². The number of anilines is 1. The third-order valence-corrected chi connectivity index (χ3v) is 5.51. The summed E-state index contributed by atoms with van der Waals surface area (Å²) in [6.07, 6.45) is 0. The quantitative estimate of drug-likeness (QED) is 0.673. The van der Waals surface area contributed by atoms with Crippen molar-refractivity contribution in [3.63, 3.8) is 0 Å². The molecule has 0 amide bonds. The normalized spacial score (nSPS) is 16.4. The molecule has 0 bridgehead atoms. The number of carbonyl (C=O) groups excluding carboxylic acids is 1. The monoisotopic (exact) mass is 367 g/mol. The van der Waals surface area contributed by atoms with Gasteiger partial charge in [-0.05, 0) is 28.8 Å². The van der Waals surface area contributed by atoms with Gasteiger partial charge in [0, 0.05) is 35.5 Å². The van der Waals surface area contributed by atoms with Gasteiger partial charge in [0.05, 0.1) is 13.2 Å². The Morgan fingerprint density at radius 1 is 0.643 bits per heavy atom. The minimum absolute atomic E-state index is 0.105. The van der Waals surface area contributed by atoms with E-state index < -0.39 is 0 Å². The van der Waals surface area contributed by atoms with Crippen LogP contribution in [0.4, 0.5) is 5.69 Å². The maximum absolute atomic E-state index is 13.3. The molecule has 0 radical (unpaired) electrons. The van der Waals surface area contributed by atoms with E-state index in [1.807, 2.05) is 42.5 Å². The molecule has 0 saturated carbocycles. The van der Waals surface area contributed by atoms with Gasteiger partial charge in [-0.25, -0.2) is 0 Å². The van der Waals surface area contributed by atoms with Gasteiger partial charge in [0.15, 0.2) is 5.78 Å². The molecule has 1 aliphatic heterocycles. The second-order valence-corrected chi connectivity index (χ2v) is 7.14. The van der Waals surface area contributed by atoms with Gasteiger partial charge in [0.25, 0.3) is 0 Å². The Kier molecular flexibility index (Phi) is 4.30. The van der Waals surface area contributed by atoms with E-state index in [-0.39, 0.29) is 5.78 Å². The second kappa shape index (κ2) is 7.10. The lowest BCUT2D eigenvalue weighted by molar-refractivity contribution is 0.105. The molecule has 0 spiro atoms. The second-order valence-electron chi connectivity index (χ2n) is 7.14. The largest absolute Gasteiger partial charge is 0.378 e. The molecule has 0 aromatic heterocycles. The topological polar surface area (TPSA) is 29.5 Å². The molecule has 0 atom stereocenters. The van der Waals surface area contributed by atoms with Gasteiger partial charge in [0.1, 0.15) is 0 Å². The Hall–Kier alpha value is -3.17. The highest BCUT2D eigenvalue weighted by atomic mass is 16.5. The van der Waals surface area contributed by atoms with E-state index >= 15 is 0 Å². The summed E-state index contributed by atoms with van der Waals surface area (Å²) in [6, 6.07) is 26.5. The smallest absolute Gasteiger partial charge is 0.194 e. The average molecular weight is 367 g/mol. The van der Waals surface area contributed by atoms with Gasteiger partial charge in [0.2, 0.25) is 0 Å². The number of morpholine rings is 1. The van der Waals surface area contributed by atoms with Crippen molar-refractivity contribution >= 4 is 22.6 Å². The molecule has 138 valence electrons. The Labute approximate surface area is 164 Å². The highest BCUT2D eigenvalue weighted by Gasteiger charge is 2.30. The van der Waals surface area contributed by atoms with Crippen LogP contribution in [0.1, 0.15) is 27.0 Å². The molecule has 1 aliphatic carbocycles. The molecule has 0 N–H and O–H groups in total. The molecule has 1 fully saturated rings. The highest BCUT2D eigenvalue weighted by molar-refractivity contribution is 6.41. The number of carbonyl (C=O) groups is 1. The minimum atomic E-state index is 0.105. The summed E-state index contributed by atoms with van der Waals surface area (Å²) >= 11 is 0. The fourth-order valence-electron chi connectivity index (χ4n) is 4.12. The third kappa shape index (κ3) is 2.85. The fourth-order valence-corrected chi connectivity index (χ4v) is 4.12. The van der Waals surface area contributed by atoms with Crippen molar-refractivity contribution < 1.29 is 9.53 Å². The van der Waals surface area contributed by atoms with Crippen LogP contribution < -0.4 is 4.90 Å². The maximum Gasteiger partial charge on any atom is 0.194 e. The van der Waals surface area contributed by atoms with Crippen molar-refractivity contribution in [1.82, 2.24) is 0 Å². The van der Waals surface area contributed by atoms with Crippen LogP contribution in [-0.2, 0) is 4.74 Å². The Morgan fingerprint density at radius 2 is 1.25 bits per heavy atom. The zero-order valence-electron chi connectivity index (χ0n) is 15.6. The number of rotatable bonds is 3. The number of benzene rings is 3. The first kappa shape index (κ1) is 17.0. The first-order chi connectivity index (χ1) is 13.8. The van der Waals surface area contributed by atoms with E-state index in [1.165, 1.54) is 5.69 Å². The number of nitrogens with zero attached hydrogens (tertiary/aromatic N) is 1. The van der Waals surface area contributed by atoms with Gasteiger partial charge in [-0.3, -0.25) is 4.79 Å². The Balaban J connectivity index is 1.61. The van der Waals surface area contributed by atoms with E-state index in [0.29, 0.717) is 0 Å². The molecule has 3 aromatic rings. The Morgan fingerprint density at radius 3 is 1.96 bits per heavy atom. The van der Waals surface area contributed by atoms with Crippen molar-refractivity contribution in [3.05, 3.63) is 101 Å². The summed E-state index contributed by atoms with van der Waals surface area (Å²) in [5.41, 5.74) is 6.85. The number of allylic oxidation sites excluding steroid dienone is 1. The molecule has 2 aliphatic rings. The number of hydrogen-bond acceptors (Lipinski definition) is 3. The molecular formula is C25H21NO2. The van der Waals surface area contributed by atoms with Gasteiger partial charge in [-0.2, -0.15) is 0 Å². The molecule has 5 rings (SSSR count). The fraction of sp³-hybridized carbons (Fsp3) is 0.160. The molecule has 28 heavy (non-hydrogen) atoms. The van der Waals surface area contributed by atoms with Gasteiger partial charge >= 0.3 is 0 Å². The van der Waals surface area contributed by atoms with E-state index in [1.54, 1.807) is 0 Å². The van der Waals surface area contributed by atoms with Crippen LogP contribution in [0.25, 0.3) is 11.1 Å². The van der Waals surface area contributed by atoms with E-state index in [4.69, 9.17) is 4.74 Å². The van der Waals surface area contributed by atoms with E-state index in [0.717, 1.165) is 59.7 Å². The van der Waals surface area contributed by atoms with Crippen molar-refractivity contribution in [3.8, 4) is 0 Å². The molecule has 3 nitrogen and oxygen atoms in total. The van der Waals surface area contributed by atoms with Crippen molar-refractivity contribution in [1.29, 1.82) is 0 Å². The van der Waals surface area contributed by atoms with Crippen LogP contribution in [-0.4, -0.2) is 32.1 Å². The maximum atomic E-state index is 13.3. The van der Waals surface area contributed by atoms with Crippen LogP contribution in [0.2, 0.25) is 0 Å². The summed E-state index contributed by atoms with van der Waals surface area (Å²) in [4.78, 5) is 15.6. The predicted molar refractivity (Wildman–Crippen MR) is 113 cm³/mol. The van der Waals surface area contributed by atoms with Gasteiger partial charge in [-0.15, -0.1) is 0 Å². The molecule has 1 saturated heterocycles. The average Bonchev–Trinajstić information content (AvgIpc) is 3.08. The summed E-state index contributed by atoms with van der Waals surface area (Å²) in [5, 5.41) is 0. The highest BCUT2D eigenvalue weighted by Crippen LogP contribution is 2.42. The first-order valence-corrected chi connectivity index (χ1v) is 9.70. The van der Waals surface area contributed by atoms with Gasteiger partial charge < -0.3 is 9.64 Å². The number of fused-ring (bicyclic) bond motifs is 1. The van der Waals surface area contributed by atoms with Crippen LogP contribution in [0.5, 0.6) is 0 Å². The zero-order chi connectivity index (χ0) is 18.9. The number of ether oxygens (including phenoxy) is 1. The first-order valence-electron chi connectivity index (χ1n) is 9.70. The SMILES string of the molecule is O=C1C(c2ccc(N3CCOCC3)cc2)=C(c2ccccc2)c2ccccc21. The zero-order valence-corrected chi connectivity index (χ0v) is 15.6. The van der Waals surface area contributed by atoms with Crippen molar-refractivity contribution in [2.24, 2.45) is 0 Å². The van der Waals surface area contributed by atoms with Crippen LogP contribution in [0, 0.1) is 0 Å². The number of ketones is 1.